The van der Waals surface area contributed by atoms with E-state index in [4.69, 9.17) is 5.11 Å². The van der Waals surface area contributed by atoms with Gasteiger partial charge in [0.1, 0.15) is 5.82 Å². The molecular weight excluding hydrogens is 197 g/mol. The maximum absolute atomic E-state index is 13.5. The Morgan fingerprint density at radius 1 is 1.40 bits per heavy atom. The Morgan fingerprint density at radius 3 is 2.80 bits per heavy atom. The number of rotatable bonds is 2. The van der Waals surface area contributed by atoms with E-state index in [1.165, 1.54) is 6.07 Å². The molecule has 1 aromatic carbocycles. The maximum Gasteiger partial charge on any atom is 0.308 e. The normalized spacial score (nSPS) is 25.4. The van der Waals surface area contributed by atoms with Crippen LogP contribution < -0.4 is 5.32 Å². The maximum atomic E-state index is 13.5. The van der Waals surface area contributed by atoms with E-state index in [0.717, 1.165) is 0 Å². The average Bonchev–Trinajstić information content (AvgIpc) is 2.67. The van der Waals surface area contributed by atoms with Gasteiger partial charge >= 0.3 is 5.97 Å². The first-order valence-electron chi connectivity index (χ1n) is 4.88. The Labute approximate surface area is 86.9 Å². The molecule has 0 aromatic heterocycles. The van der Waals surface area contributed by atoms with Gasteiger partial charge in [-0.3, -0.25) is 4.79 Å². The fraction of sp³-hybridized carbons (Fsp3) is 0.364. The van der Waals surface area contributed by atoms with Gasteiger partial charge in [0.05, 0.1) is 5.92 Å². The number of aliphatic carboxylic acids is 1. The first-order chi connectivity index (χ1) is 7.20. The van der Waals surface area contributed by atoms with Crippen LogP contribution in [0.2, 0.25) is 0 Å². The third-order valence-corrected chi connectivity index (χ3v) is 2.84. The Morgan fingerprint density at radius 2 is 2.13 bits per heavy atom. The zero-order valence-corrected chi connectivity index (χ0v) is 8.11. The number of halogens is 1. The summed E-state index contributed by atoms with van der Waals surface area (Å²) in [5, 5.41) is 12.0. The van der Waals surface area contributed by atoms with Gasteiger partial charge in [-0.05, 0) is 11.6 Å². The zero-order valence-electron chi connectivity index (χ0n) is 8.11. The number of carboxylic acid groups (broad SMARTS) is 1. The molecule has 4 heteroatoms. The molecule has 0 amide bonds. The highest BCUT2D eigenvalue weighted by molar-refractivity contribution is 5.72. The van der Waals surface area contributed by atoms with E-state index in [1.807, 2.05) is 0 Å². The van der Waals surface area contributed by atoms with Gasteiger partial charge in [0, 0.05) is 19.0 Å². The van der Waals surface area contributed by atoms with Crippen LogP contribution in [0.4, 0.5) is 4.39 Å². The van der Waals surface area contributed by atoms with Crippen molar-refractivity contribution in [3.63, 3.8) is 0 Å². The lowest BCUT2D eigenvalue weighted by Gasteiger charge is -2.15. The lowest BCUT2D eigenvalue weighted by molar-refractivity contribution is -0.141. The first-order valence-corrected chi connectivity index (χ1v) is 4.88. The summed E-state index contributed by atoms with van der Waals surface area (Å²) in [4.78, 5) is 10.9. The lowest BCUT2D eigenvalue weighted by Crippen LogP contribution is -2.21. The van der Waals surface area contributed by atoms with Crippen molar-refractivity contribution in [1.29, 1.82) is 0 Å². The van der Waals surface area contributed by atoms with Crippen molar-refractivity contribution < 1.29 is 14.3 Å². The molecule has 3 nitrogen and oxygen atoms in total. The van der Waals surface area contributed by atoms with Crippen LogP contribution in [-0.2, 0) is 4.79 Å². The van der Waals surface area contributed by atoms with Crippen molar-refractivity contribution in [2.45, 2.75) is 5.92 Å². The van der Waals surface area contributed by atoms with Gasteiger partial charge in [0.2, 0.25) is 0 Å². The second-order valence-corrected chi connectivity index (χ2v) is 3.73. The monoisotopic (exact) mass is 209 g/mol. The molecule has 1 aliphatic rings. The Bertz CT molecular complexity index is 381. The summed E-state index contributed by atoms with van der Waals surface area (Å²) in [6.45, 7) is 0.937. The van der Waals surface area contributed by atoms with Crippen LogP contribution in [0.15, 0.2) is 24.3 Å². The van der Waals surface area contributed by atoms with Crippen LogP contribution in [0, 0.1) is 11.7 Å². The van der Waals surface area contributed by atoms with Crippen LogP contribution >= 0.6 is 0 Å². The molecule has 80 valence electrons. The van der Waals surface area contributed by atoms with Crippen LogP contribution in [0.5, 0.6) is 0 Å². The van der Waals surface area contributed by atoms with Crippen molar-refractivity contribution in [1.82, 2.24) is 5.32 Å². The topological polar surface area (TPSA) is 49.3 Å². The second kappa shape index (κ2) is 3.98. The van der Waals surface area contributed by atoms with Crippen LogP contribution in [-0.4, -0.2) is 24.2 Å². The largest absolute Gasteiger partial charge is 0.481 e. The Kier molecular flexibility index (Phi) is 2.68. The molecule has 0 radical (unpaired) electrons. The average molecular weight is 209 g/mol. The predicted molar refractivity (Wildman–Crippen MR) is 53.1 cm³/mol. The molecule has 15 heavy (non-hydrogen) atoms. The Hall–Kier alpha value is -1.42. The van der Waals surface area contributed by atoms with Gasteiger partial charge in [0.25, 0.3) is 0 Å². The highest BCUT2D eigenvalue weighted by Crippen LogP contribution is 2.29. The first kappa shape index (κ1) is 10.1. The molecule has 2 rings (SSSR count). The molecule has 0 spiro atoms. The standard InChI is InChI=1S/C11H12FNO2/c12-10-4-2-1-3-7(10)8-5-13-6-9(8)11(14)15/h1-4,8-9,13H,5-6H2,(H,14,15). The van der Waals surface area contributed by atoms with Gasteiger partial charge in [-0.25, -0.2) is 4.39 Å². The number of benzene rings is 1. The molecule has 0 aliphatic carbocycles. The minimum absolute atomic E-state index is 0.260. The van der Waals surface area contributed by atoms with Crippen molar-refractivity contribution in [2.24, 2.45) is 5.92 Å². The van der Waals surface area contributed by atoms with E-state index >= 15 is 0 Å². The van der Waals surface area contributed by atoms with E-state index in [0.29, 0.717) is 18.7 Å². The van der Waals surface area contributed by atoms with E-state index in [-0.39, 0.29) is 11.7 Å². The highest BCUT2D eigenvalue weighted by Gasteiger charge is 2.35. The number of carboxylic acids is 1. The molecule has 0 saturated carbocycles. The van der Waals surface area contributed by atoms with Crippen LogP contribution in [0.3, 0.4) is 0 Å². The molecule has 1 heterocycles. The number of hydrogen-bond acceptors (Lipinski definition) is 2. The molecular formula is C11H12FNO2. The smallest absolute Gasteiger partial charge is 0.308 e. The van der Waals surface area contributed by atoms with Gasteiger partial charge in [-0.2, -0.15) is 0 Å². The zero-order chi connectivity index (χ0) is 10.8. The third-order valence-electron chi connectivity index (χ3n) is 2.84. The Balaban J connectivity index is 2.30. The van der Waals surface area contributed by atoms with Crippen molar-refractivity contribution in [3.05, 3.63) is 35.6 Å². The second-order valence-electron chi connectivity index (χ2n) is 3.73. The van der Waals surface area contributed by atoms with E-state index in [1.54, 1.807) is 18.2 Å². The van der Waals surface area contributed by atoms with Crippen molar-refractivity contribution >= 4 is 5.97 Å². The summed E-state index contributed by atoms with van der Waals surface area (Å²) < 4.78 is 13.5. The van der Waals surface area contributed by atoms with Gasteiger partial charge in [0.15, 0.2) is 0 Å². The number of carbonyl (C=O) groups is 1. The minimum atomic E-state index is -0.867. The lowest BCUT2D eigenvalue weighted by atomic mass is 9.89. The van der Waals surface area contributed by atoms with Gasteiger partial charge in [-0.15, -0.1) is 0 Å². The highest BCUT2D eigenvalue weighted by atomic mass is 19.1. The summed E-state index contributed by atoms with van der Waals surface area (Å²) in [5.74, 6) is -1.98. The molecule has 1 fully saturated rings. The summed E-state index contributed by atoms with van der Waals surface area (Å²) >= 11 is 0. The fourth-order valence-corrected chi connectivity index (χ4v) is 2.04. The molecule has 1 aliphatic heterocycles. The van der Waals surface area contributed by atoms with E-state index in [2.05, 4.69) is 5.32 Å². The summed E-state index contributed by atoms with van der Waals surface area (Å²) in [5.41, 5.74) is 0.495. The quantitative estimate of drug-likeness (QED) is 0.769. The van der Waals surface area contributed by atoms with Crippen LogP contribution in [0.1, 0.15) is 11.5 Å². The van der Waals surface area contributed by atoms with Gasteiger partial charge in [-0.1, -0.05) is 18.2 Å². The predicted octanol–water partition coefficient (Wildman–Crippen LogP) is 1.21. The third kappa shape index (κ3) is 1.85. The van der Waals surface area contributed by atoms with E-state index < -0.39 is 11.9 Å². The molecule has 2 atom stereocenters. The summed E-state index contributed by atoms with van der Waals surface area (Å²) in [6, 6.07) is 6.36. The SMILES string of the molecule is O=C(O)C1CNCC1c1ccccc1F. The van der Waals surface area contributed by atoms with E-state index in [9.17, 15) is 9.18 Å². The molecule has 1 aromatic rings. The molecule has 1 saturated heterocycles. The van der Waals surface area contributed by atoms with Crippen molar-refractivity contribution in [3.8, 4) is 0 Å². The van der Waals surface area contributed by atoms with Crippen molar-refractivity contribution in [2.75, 3.05) is 13.1 Å². The minimum Gasteiger partial charge on any atom is -0.481 e. The number of nitrogens with one attached hydrogen (secondary N) is 1. The molecule has 2 unspecified atom stereocenters. The van der Waals surface area contributed by atoms with Crippen LogP contribution in [0.25, 0.3) is 0 Å². The molecule has 0 bridgehead atoms. The summed E-state index contributed by atoms with van der Waals surface area (Å²) in [6.07, 6.45) is 0. The van der Waals surface area contributed by atoms with Gasteiger partial charge < -0.3 is 10.4 Å². The number of hydrogen-bond donors (Lipinski definition) is 2. The summed E-state index contributed by atoms with van der Waals surface area (Å²) in [7, 11) is 0. The fourth-order valence-electron chi connectivity index (χ4n) is 2.04. The molecule has 2 N–H and O–H groups in total.